The number of aromatic nitrogens is 2. The number of hydrogen-bond acceptors (Lipinski definition) is 5. The lowest BCUT2D eigenvalue weighted by Gasteiger charge is -2.33. The van der Waals surface area contributed by atoms with Gasteiger partial charge in [-0.15, -0.1) is 0 Å². The van der Waals surface area contributed by atoms with Gasteiger partial charge in [0.25, 0.3) is 0 Å². The minimum atomic E-state index is 0.0355. The molecule has 4 rings (SSSR count). The van der Waals surface area contributed by atoms with Crippen molar-refractivity contribution in [3.63, 3.8) is 0 Å². The van der Waals surface area contributed by atoms with Crippen molar-refractivity contribution in [2.45, 2.75) is 32.4 Å². The number of benzene rings is 2. The maximum absolute atomic E-state index is 9.00. The molecule has 0 aliphatic carbocycles. The van der Waals surface area contributed by atoms with Crippen LogP contribution in [-0.2, 0) is 6.54 Å². The molecule has 0 amide bonds. The number of fused-ring (bicyclic) bond motifs is 1. The van der Waals surface area contributed by atoms with Crippen LogP contribution in [0.2, 0.25) is 0 Å². The average molecular weight is 380 g/mol. The number of H-pyrrole nitrogens is 1. The van der Waals surface area contributed by atoms with Crippen molar-refractivity contribution in [2.24, 2.45) is 0 Å². The fourth-order valence-electron chi connectivity index (χ4n) is 3.90. The third kappa shape index (κ3) is 4.46. The zero-order valence-electron chi connectivity index (χ0n) is 16.3. The van der Waals surface area contributed by atoms with Crippen molar-refractivity contribution in [2.75, 3.05) is 31.6 Å². The third-order valence-electron chi connectivity index (χ3n) is 5.32. The van der Waals surface area contributed by atoms with E-state index in [4.69, 9.17) is 9.84 Å². The van der Waals surface area contributed by atoms with E-state index >= 15 is 0 Å². The second kappa shape index (κ2) is 8.63. The highest BCUT2D eigenvalue weighted by atomic mass is 16.5. The van der Waals surface area contributed by atoms with E-state index in [0.717, 1.165) is 47.5 Å². The predicted octanol–water partition coefficient (Wildman–Crippen LogP) is 3.32. The molecule has 2 heterocycles. The van der Waals surface area contributed by atoms with Crippen molar-refractivity contribution in [1.82, 2.24) is 15.1 Å². The van der Waals surface area contributed by atoms with Crippen molar-refractivity contribution >= 4 is 16.6 Å². The van der Waals surface area contributed by atoms with E-state index in [-0.39, 0.29) is 6.61 Å². The molecule has 0 radical (unpaired) electrons. The molecule has 3 aromatic rings. The number of hydrogen-bond donors (Lipinski definition) is 3. The summed E-state index contributed by atoms with van der Waals surface area (Å²) in [5.74, 6) is 0.867. The average Bonchev–Trinajstić information content (AvgIpc) is 3.16. The topological polar surface area (TPSA) is 73.4 Å². The van der Waals surface area contributed by atoms with Gasteiger partial charge in [0.2, 0.25) is 0 Å². The Morgan fingerprint density at radius 1 is 1.29 bits per heavy atom. The lowest BCUT2D eigenvalue weighted by atomic mass is 10.0. The number of aliphatic hydroxyl groups is 1. The van der Waals surface area contributed by atoms with Gasteiger partial charge in [-0.3, -0.25) is 10.00 Å². The first-order valence-corrected chi connectivity index (χ1v) is 9.96. The number of piperidine rings is 1. The molecule has 1 fully saturated rings. The Kier molecular flexibility index (Phi) is 5.78. The molecule has 1 aliphatic rings. The van der Waals surface area contributed by atoms with Gasteiger partial charge in [-0.2, -0.15) is 5.10 Å². The minimum absolute atomic E-state index is 0.0355. The monoisotopic (exact) mass is 380 g/mol. The molecule has 1 aliphatic heterocycles. The smallest absolute Gasteiger partial charge is 0.122 e. The largest absolute Gasteiger partial charge is 0.491 e. The molecule has 1 saturated heterocycles. The van der Waals surface area contributed by atoms with Crippen LogP contribution in [0.3, 0.4) is 0 Å². The zero-order valence-corrected chi connectivity index (χ0v) is 16.3. The van der Waals surface area contributed by atoms with Crippen molar-refractivity contribution in [1.29, 1.82) is 0 Å². The fourth-order valence-corrected chi connectivity index (χ4v) is 3.90. The number of anilines is 1. The van der Waals surface area contributed by atoms with E-state index in [1.807, 2.05) is 13.1 Å². The second-order valence-corrected chi connectivity index (χ2v) is 7.56. The third-order valence-corrected chi connectivity index (χ3v) is 5.32. The summed E-state index contributed by atoms with van der Waals surface area (Å²) in [6.45, 7) is 5.45. The summed E-state index contributed by atoms with van der Waals surface area (Å²) in [7, 11) is 0. The molecular weight excluding hydrogens is 352 g/mol. The number of ether oxygens (including phenoxy) is 1. The van der Waals surface area contributed by atoms with E-state index in [1.54, 1.807) is 0 Å². The molecule has 148 valence electrons. The number of aryl methyl sites for hydroxylation is 1. The molecule has 0 unspecified atom stereocenters. The van der Waals surface area contributed by atoms with Gasteiger partial charge >= 0.3 is 0 Å². The van der Waals surface area contributed by atoms with Crippen LogP contribution >= 0.6 is 0 Å². The summed E-state index contributed by atoms with van der Waals surface area (Å²) in [6.07, 6.45) is 4.23. The van der Waals surface area contributed by atoms with Gasteiger partial charge < -0.3 is 15.2 Å². The number of aromatic amines is 1. The summed E-state index contributed by atoms with van der Waals surface area (Å²) < 4.78 is 5.66. The van der Waals surface area contributed by atoms with Gasteiger partial charge in [-0.1, -0.05) is 12.1 Å². The molecule has 2 aromatic carbocycles. The Morgan fingerprint density at radius 3 is 3.11 bits per heavy atom. The van der Waals surface area contributed by atoms with Crippen LogP contribution in [0.1, 0.15) is 24.0 Å². The first-order valence-electron chi connectivity index (χ1n) is 9.96. The van der Waals surface area contributed by atoms with Crippen LogP contribution in [0.5, 0.6) is 5.75 Å². The quantitative estimate of drug-likeness (QED) is 0.586. The molecule has 1 atom stereocenters. The number of likely N-dealkylation sites (tertiary alicyclic amines) is 1. The zero-order chi connectivity index (χ0) is 19.3. The highest BCUT2D eigenvalue weighted by Gasteiger charge is 2.20. The maximum atomic E-state index is 9.00. The van der Waals surface area contributed by atoms with Gasteiger partial charge in [-0.25, -0.2) is 0 Å². The van der Waals surface area contributed by atoms with Crippen molar-refractivity contribution < 1.29 is 9.84 Å². The number of nitrogens with one attached hydrogen (secondary N) is 2. The second-order valence-electron chi connectivity index (χ2n) is 7.56. The Hall–Kier alpha value is -2.57. The lowest BCUT2D eigenvalue weighted by molar-refractivity contribution is 0.198. The van der Waals surface area contributed by atoms with Gasteiger partial charge in [0.05, 0.1) is 18.3 Å². The van der Waals surface area contributed by atoms with Gasteiger partial charge in [0.1, 0.15) is 12.4 Å². The summed E-state index contributed by atoms with van der Waals surface area (Å²) in [4.78, 5) is 2.50. The first kappa shape index (κ1) is 18.8. The van der Waals surface area contributed by atoms with Crippen LogP contribution in [0, 0.1) is 6.92 Å². The Balaban J connectivity index is 1.38. The van der Waals surface area contributed by atoms with E-state index < -0.39 is 0 Å². The molecule has 0 bridgehead atoms. The molecular formula is C22H28N4O2. The van der Waals surface area contributed by atoms with E-state index in [2.05, 4.69) is 56.8 Å². The predicted molar refractivity (Wildman–Crippen MR) is 112 cm³/mol. The minimum Gasteiger partial charge on any atom is -0.491 e. The Morgan fingerprint density at radius 2 is 2.21 bits per heavy atom. The van der Waals surface area contributed by atoms with Crippen LogP contribution in [-0.4, -0.2) is 52.5 Å². The first-order chi connectivity index (χ1) is 13.7. The van der Waals surface area contributed by atoms with E-state index in [0.29, 0.717) is 12.6 Å². The molecule has 3 N–H and O–H groups in total. The van der Waals surface area contributed by atoms with Crippen LogP contribution in [0.25, 0.3) is 10.9 Å². The van der Waals surface area contributed by atoms with Crippen LogP contribution in [0.4, 0.5) is 5.69 Å². The Labute approximate surface area is 165 Å². The molecule has 0 spiro atoms. The summed E-state index contributed by atoms with van der Waals surface area (Å²) in [5, 5.41) is 20.9. The fraction of sp³-hybridized carbons (Fsp3) is 0.409. The normalized spacial score (nSPS) is 17.7. The number of aliphatic hydroxyl groups excluding tert-OH is 1. The van der Waals surface area contributed by atoms with Crippen molar-refractivity contribution in [3.8, 4) is 5.75 Å². The van der Waals surface area contributed by atoms with Crippen LogP contribution in [0.15, 0.2) is 42.6 Å². The van der Waals surface area contributed by atoms with Gasteiger partial charge in [0, 0.05) is 30.2 Å². The molecule has 1 aromatic heterocycles. The SMILES string of the molecule is Cc1ccc(CN2CCC[C@H](Nc3ccc4[nH]ncc4c3)C2)cc1OCCO. The summed E-state index contributed by atoms with van der Waals surface area (Å²) in [5.41, 5.74) is 4.56. The molecule has 0 saturated carbocycles. The van der Waals surface area contributed by atoms with Gasteiger partial charge in [-0.05, 0) is 61.7 Å². The Bertz CT molecular complexity index is 924. The highest BCUT2D eigenvalue weighted by Crippen LogP contribution is 2.23. The lowest BCUT2D eigenvalue weighted by Crippen LogP contribution is -2.41. The summed E-state index contributed by atoms with van der Waals surface area (Å²) >= 11 is 0. The number of nitrogens with zero attached hydrogens (tertiary/aromatic N) is 2. The van der Waals surface area contributed by atoms with Gasteiger partial charge in [0.15, 0.2) is 0 Å². The highest BCUT2D eigenvalue weighted by molar-refractivity contribution is 5.81. The molecule has 6 heteroatoms. The summed E-state index contributed by atoms with van der Waals surface area (Å²) in [6, 6.07) is 13.2. The van der Waals surface area contributed by atoms with E-state index in [1.165, 1.54) is 18.4 Å². The van der Waals surface area contributed by atoms with Crippen LogP contribution < -0.4 is 10.1 Å². The maximum Gasteiger partial charge on any atom is 0.122 e. The molecule has 6 nitrogen and oxygen atoms in total. The van der Waals surface area contributed by atoms with Crippen molar-refractivity contribution in [3.05, 3.63) is 53.7 Å². The number of rotatable bonds is 7. The standard InChI is InChI=1S/C22H28N4O2/c1-16-4-5-17(11-22(16)28-10-9-27)14-26-8-2-3-20(15-26)24-19-6-7-21-18(12-19)13-23-25-21/h4-7,11-13,20,24,27H,2-3,8-10,14-15H2,1H3,(H,23,25)/t20-/m0/s1. The molecule has 28 heavy (non-hydrogen) atoms. The van der Waals surface area contributed by atoms with E-state index in [9.17, 15) is 0 Å².